The molecular formula is C17H29N3O3S. The number of anilines is 1. The normalized spacial score (nSPS) is 12.1. The molecular weight excluding hydrogens is 326 g/mol. The second kappa shape index (κ2) is 7.88. The Labute approximate surface area is 145 Å². The first-order chi connectivity index (χ1) is 10.9. The molecule has 0 spiro atoms. The molecule has 0 radical (unpaired) electrons. The predicted octanol–water partition coefficient (Wildman–Crippen LogP) is 2.46. The van der Waals surface area contributed by atoms with Crippen LogP contribution < -0.4 is 14.9 Å². The standard InChI is InChI=1S/C17H29N3O3S/c1-13(2)19-16(21)18-11-12-20(24(6,22)23)15-10-8-7-9-14(15)17(3,4)5/h7-10,13H,11-12H2,1-6H3,(H2,18,19,21). The second-order valence-electron chi connectivity index (χ2n) is 7.16. The fourth-order valence-electron chi connectivity index (χ4n) is 2.37. The van der Waals surface area contributed by atoms with Crippen molar-refractivity contribution in [2.75, 3.05) is 23.7 Å². The molecule has 2 amide bonds. The molecule has 1 aromatic rings. The molecule has 0 fully saturated rings. The average Bonchev–Trinajstić information content (AvgIpc) is 2.40. The van der Waals surface area contributed by atoms with Crippen LogP contribution in [-0.4, -0.2) is 39.8 Å². The zero-order valence-electron chi connectivity index (χ0n) is 15.4. The van der Waals surface area contributed by atoms with E-state index in [1.54, 1.807) is 6.07 Å². The lowest BCUT2D eigenvalue weighted by Crippen LogP contribution is -2.44. The summed E-state index contributed by atoms with van der Waals surface area (Å²) in [5, 5.41) is 5.40. The summed E-state index contributed by atoms with van der Waals surface area (Å²) in [6, 6.07) is 7.18. The van der Waals surface area contributed by atoms with Gasteiger partial charge in [-0.05, 0) is 30.9 Å². The molecule has 1 rings (SSSR count). The maximum atomic E-state index is 12.3. The summed E-state index contributed by atoms with van der Waals surface area (Å²) in [6.45, 7) is 10.3. The highest BCUT2D eigenvalue weighted by Crippen LogP contribution is 2.32. The van der Waals surface area contributed by atoms with Crippen molar-refractivity contribution < 1.29 is 13.2 Å². The topological polar surface area (TPSA) is 78.5 Å². The number of para-hydroxylation sites is 1. The number of nitrogens with zero attached hydrogens (tertiary/aromatic N) is 1. The number of sulfonamides is 1. The number of hydrogen-bond donors (Lipinski definition) is 2. The molecule has 7 heteroatoms. The smallest absolute Gasteiger partial charge is 0.315 e. The van der Waals surface area contributed by atoms with Gasteiger partial charge in [-0.15, -0.1) is 0 Å². The Hall–Kier alpha value is -1.76. The van der Waals surface area contributed by atoms with Gasteiger partial charge in [0.15, 0.2) is 0 Å². The van der Waals surface area contributed by atoms with Crippen molar-refractivity contribution in [3.05, 3.63) is 29.8 Å². The molecule has 24 heavy (non-hydrogen) atoms. The summed E-state index contributed by atoms with van der Waals surface area (Å²) in [4.78, 5) is 11.7. The summed E-state index contributed by atoms with van der Waals surface area (Å²) in [7, 11) is -3.46. The van der Waals surface area contributed by atoms with Gasteiger partial charge in [-0.3, -0.25) is 4.31 Å². The third kappa shape index (κ3) is 6.03. The lowest BCUT2D eigenvalue weighted by atomic mass is 9.86. The zero-order chi connectivity index (χ0) is 18.5. The molecule has 0 aromatic heterocycles. The highest BCUT2D eigenvalue weighted by molar-refractivity contribution is 7.92. The van der Waals surface area contributed by atoms with Gasteiger partial charge < -0.3 is 10.6 Å². The summed E-state index contributed by atoms with van der Waals surface area (Å²) < 4.78 is 25.9. The van der Waals surface area contributed by atoms with Gasteiger partial charge in [0.25, 0.3) is 0 Å². The van der Waals surface area contributed by atoms with Crippen LogP contribution in [0.2, 0.25) is 0 Å². The van der Waals surface area contributed by atoms with Gasteiger partial charge in [0.2, 0.25) is 10.0 Å². The lowest BCUT2D eigenvalue weighted by molar-refractivity contribution is 0.239. The molecule has 0 aliphatic rings. The number of carbonyl (C=O) groups excluding carboxylic acids is 1. The summed E-state index contributed by atoms with van der Waals surface area (Å²) in [6.07, 6.45) is 1.18. The number of urea groups is 1. The fourth-order valence-corrected chi connectivity index (χ4v) is 3.31. The van der Waals surface area contributed by atoms with Gasteiger partial charge in [0.1, 0.15) is 0 Å². The van der Waals surface area contributed by atoms with E-state index in [0.29, 0.717) is 5.69 Å². The minimum atomic E-state index is -3.46. The number of amides is 2. The van der Waals surface area contributed by atoms with Crippen molar-refractivity contribution in [2.24, 2.45) is 0 Å². The first-order valence-corrected chi connectivity index (χ1v) is 9.89. The quantitative estimate of drug-likeness (QED) is 0.823. The molecule has 0 aliphatic carbocycles. The van der Waals surface area contributed by atoms with Crippen LogP contribution in [0.25, 0.3) is 0 Å². The molecule has 6 nitrogen and oxygen atoms in total. The molecule has 0 saturated heterocycles. The van der Waals surface area contributed by atoms with Gasteiger partial charge in [-0.1, -0.05) is 39.0 Å². The molecule has 0 bridgehead atoms. The lowest BCUT2D eigenvalue weighted by Gasteiger charge is -2.30. The SMILES string of the molecule is CC(C)NC(=O)NCCN(c1ccccc1C(C)(C)C)S(C)(=O)=O. The Kier molecular flexibility index (Phi) is 6.66. The van der Waals surface area contributed by atoms with Crippen molar-refractivity contribution in [2.45, 2.75) is 46.1 Å². The Balaban J connectivity index is 2.99. The van der Waals surface area contributed by atoms with E-state index < -0.39 is 10.0 Å². The maximum Gasteiger partial charge on any atom is 0.315 e. The number of nitrogens with one attached hydrogen (secondary N) is 2. The molecule has 136 valence electrons. The van der Waals surface area contributed by atoms with Crippen LogP contribution in [0, 0.1) is 0 Å². The van der Waals surface area contributed by atoms with Crippen LogP contribution in [0.1, 0.15) is 40.2 Å². The van der Waals surface area contributed by atoms with E-state index >= 15 is 0 Å². The summed E-state index contributed by atoms with van der Waals surface area (Å²) in [5.41, 5.74) is 1.41. The number of carbonyl (C=O) groups is 1. The van der Waals surface area contributed by atoms with E-state index in [-0.39, 0.29) is 30.6 Å². The summed E-state index contributed by atoms with van der Waals surface area (Å²) in [5.74, 6) is 0. The van der Waals surface area contributed by atoms with E-state index in [2.05, 4.69) is 10.6 Å². The predicted molar refractivity (Wildman–Crippen MR) is 99.0 cm³/mol. The number of rotatable bonds is 6. The first kappa shape index (κ1) is 20.3. The van der Waals surface area contributed by atoms with Gasteiger partial charge >= 0.3 is 6.03 Å². The van der Waals surface area contributed by atoms with Crippen molar-refractivity contribution >= 4 is 21.7 Å². The Morgan fingerprint density at radius 1 is 1.21 bits per heavy atom. The fraction of sp³-hybridized carbons (Fsp3) is 0.588. The van der Waals surface area contributed by atoms with E-state index in [4.69, 9.17) is 0 Å². The van der Waals surface area contributed by atoms with Gasteiger partial charge in [-0.2, -0.15) is 0 Å². The zero-order valence-corrected chi connectivity index (χ0v) is 16.2. The van der Waals surface area contributed by atoms with Crippen LogP contribution in [0.15, 0.2) is 24.3 Å². The number of benzene rings is 1. The molecule has 0 atom stereocenters. The van der Waals surface area contributed by atoms with Crippen molar-refractivity contribution in [3.63, 3.8) is 0 Å². The maximum absolute atomic E-state index is 12.3. The second-order valence-corrected chi connectivity index (χ2v) is 9.06. The average molecular weight is 356 g/mol. The summed E-state index contributed by atoms with van der Waals surface area (Å²) >= 11 is 0. The molecule has 0 saturated carbocycles. The van der Waals surface area contributed by atoms with Crippen LogP contribution in [0.5, 0.6) is 0 Å². The van der Waals surface area contributed by atoms with E-state index in [0.717, 1.165) is 5.56 Å². The van der Waals surface area contributed by atoms with Gasteiger partial charge in [0.05, 0.1) is 18.5 Å². The van der Waals surface area contributed by atoms with Crippen LogP contribution in [-0.2, 0) is 15.4 Å². The highest BCUT2D eigenvalue weighted by atomic mass is 32.2. The minimum Gasteiger partial charge on any atom is -0.336 e. The van der Waals surface area contributed by atoms with Crippen molar-refractivity contribution in [3.8, 4) is 0 Å². The minimum absolute atomic E-state index is 0.0256. The molecule has 0 heterocycles. The van der Waals surface area contributed by atoms with E-state index in [1.165, 1.54) is 10.6 Å². The van der Waals surface area contributed by atoms with Crippen molar-refractivity contribution in [1.29, 1.82) is 0 Å². The Morgan fingerprint density at radius 3 is 2.29 bits per heavy atom. The molecule has 0 aliphatic heterocycles. The molecule has 1 aromatic carbocycles. The first-order valence-electron chi connectivity index (χ1n) is 8.04. The monoisotopic (exact) mass is 355 g/mol. The van der Waals surface area contributed by atoms with Gasteiger partial charge in [-0.25, -0.2) is 13.2 Å². The molecule has 2 N–H and O–H groups in total. The van der Waals surface area contributed by atoms with Crippen LogP contribution in [0.4, 0.5) is 10.5 Å². The Morgan fingerprint density at radius 2 is 1.79 bits per heavy atom. The largest absolute Gasteiger partial charge is 0.336 e. The molecule has 0 unspecified atom stereocenters. The van der Waals surface area contributed by atoms with E-state index in [9.17, 15) is 13.2 Å². The van der Waals surface area contributed by atoms with Gasteiger partial charge in [0, 0.05) is 12.6 Å². The van der Waals surface area contributed by atoms with E-state index in [1.807, 2.05) is 52.8 Å². The third-order valence-corrected chi connectivity index (χ3v) is 4.58. The highest BCUT2D eigenvalue weighted by Gasteiger charge is 2.25. The third-order valence-electron chi connectivity index (χ3n) is 3.40. The van der Waals surface area contributed by atoms with Crippen molar-refractivity contribution in [1.82, 2.24) is 10.6 Å². The van der Waals surface area contributed by atoms with Crippen LogP contribution in [0.3, 0.4) is 0 Å². The Bertz CT molecular complexity index is 664. The number of hydrogen-bond acceptors (Lipinski definition) is 3. The van der Waals surface area contributed by atoms with Crippen LogP contribution >= 0.6 is 0 Å².